The summed E-state index contributed by atoms with van der Waals surface area (Å²) in [5, 5.41) is 31.6. The molecule has 0 bridgehead atoms. The second kappa shape index (κ2) is 10.2. The standard InChI is InChI=1S/C34H39NO7S/c1-32-10-9-21(38)13-20(32)4-6-23-24-14-29-34(28(40)17-37,33(24,2)15-26(39)30(23)32)42-31(41-29)27-8-5-22(43-27)12-18-3-7-25(35)19(11-18)16-36/h3,5,7-11,13,23-24,26,29-31,36-37,39H,4,6,12,14-17,35H2,1-2H3/t23-,24-,26-,29+,30+,31+,32-,33-,34+/m0/s1. The van der Waals surface area contributed by atoms with Gasteiger partial charge in [0.15, 0.2) is 23.5 Å². The summed E-state index contributed by atoms with van der Waals surface area (Å²) in [6.45, 7) is 3.39. The average molecular weight is 606 g/mol. The third-order valence-corrected chi connectivity index (χ3v) is 12.6. The summed E-state index contributed by atoms with van der Waals surface area (Å²) in [6, 6.07) is 9.64. The number of ketones is 2. The first-order valence-corrected chi connectivity index (χ1v) is 16.0. The molecule has 0 radical (unpaired) electrons. The summed E-state index contributed by atoms with van der Waals surface area (Å²) in [5.41, 5.74) is 6.80. The zero-order valence-electron chi connectivity index (χ0n) is 24.5. The molecule has 1 aliphatic heterocycles. The van der Waals surface area contributed by atoms with E-state index >= 15 is 0 Å². The van der Waals surface area contributed by atoms with Gasteiger partial charge in [0, 0.05) is 39.3 Å². The number of thiophene rings is 1. The van der Waals surface area contributed by atoms with E-state index in [-0.39, 0.29) is 30.1 Å². The predicted octanol–water partition coefficient (Wildman–Crippen LogP) is 4.02. The lowest BCUT2D eigenvalue weighted by atomic mass is 9.46. The van der Waals surface area contributed by atoms with Gasteiger partial charge < -0.3 is 30.5 Å². The number of benzene rings is 1. The molecule has 0 spiro atoms. The zero-order chi connectivity index (χ0) is 30.3. The van der Waals surface area contributed by atoms with Crippen LogP contribution in [-0.4, -0.2) is 51.3 Å². The Bertz CT molecular complexity index is 1550. The Hall–Kier alpha value is -2.66. The molecule has 4 fully saturated rings. The summed E-state index contributed by atoms with van der Waals surface area (Å²) < 4.78 is 13.3. The number of Topliss-reactive ketones (excluding diaryl/α,β-unsaturated/α-hetero) is 1. The topological polar surface area (TPSA) is 139 Å². The number of carbonyl (C=O) groups excluding carboxylic acids is 2. The molecular formula is C34H39NO7S. The van der Waals surface area contributed by atoms with Crippen molar-refractivity contribution in [2.75, 3.05) is 12.3 Å². The molecule has 7 rings (SSSR count). The van der Waals surface area contributed by atoms with Crippen molar-refractivity contribution in [2.24, 2.45) is 28.6 Å². The number of hydrogen-bond acceptors (Lipinski definition) is 9. The number of nitrogens with two attached hydrogens (primary N) is 1. The number of rotatable bonds is 6. The van der Waals surface area contributed by atoms with Crippen LogP contribution in [0.1, 0.15) is 66.7 Å². The Morgan fingerprint density at radius 3 is 2.77 bits per heavy atom. The molecule has 43 heavy (non-hydrogen) atoms. The number of aliphatic hydroxyl groups excluding tert-OH is 3. The van der Waals surface area contributed by atoms with E-state index in [1.165, 1.54) is 0 Å². The highest BCUT2D eigenvalue weighted by molar-refractivity contribution is 7.12. The van der Waals surface area contributed by atoms with E-state index in [1.54, 1.807) is 29.6 Å². The van der Waals surface area contributed by atoms with Crippen molar-refractivity contribution in [2.45, 2.75) is 76.7 Å². The van der Waals surface area contributed by atoms with Gasteiger partial charge in [0.25, 0.3) is 0 Å². The smallest absolute Gasteiger partial charge is 0.194 e. The summed E-state index contributed by atoms with van der Waals surface area (Å²) in [6.07, 6.45) is 6.54. The van der Waals surface area contributed by atoms with Gasteiger partial charge in [0.05, 0.1) is 23.7 Å². The summed E-state index contributed by atoms with van der Waals surface area (Å²) in [7, 11) is 0. The number of anilines is 1. The molecule has 5 N–H and O–H groups in total. The molecule has 9 atom stereocenters. The van der Waals surface area contributed by atoms with Crippen LogP contribution in [0.4, 0.5) is 5.69 Å². The molecule has 2 aromatic rings. The van der Waals surface area contributed by atoms with Crippen molar-refractivity contribution in [3.8, 4) is 0 Å². The maximum absolute atomic E-state index is 13.8. The molecule has 0 amide bonds. The van der Waals surface area contributed by atoms with Gasteiger partial charge >= 0.3 is 0 Å². The van der Waals surface area contributed by atoms with Crippen LogP contribution in [0, 0.1) is 28.6 Å². The molecule has 0 unspecified atom stereocenters. The van der Waals surface area contributed by atoms with E-state index in [1.807, 2.05) is 37.3 Å². The molecule has 1 aromatic heterocycles. The van der Waals surface area contributed by atoms with Gasteiger partial charge in [0.2, 0.25) is 0 Å². The van der Waals surface area contributed by atoms with Gasteiger partial charge in [-0.2, -0.15) is 0 Å². The van der Waals surface area contributed by atoms with Crippen LogP contribution in [-0.2, 0) is 32.1 Å². The van der Waals surface area contributed by atoms with Crippen LogP contribution in [0.2, 0.25) is 0 Å². The normalized spacial score (nSPS) is 39.6. The van der Waals surface area contributed by atoms with Crippen molar-refractivity contribution in [3.05, 3.63) is 75.0 Å². The molecule has 1 aromatic carbocycles. The Balaban J connectivity index is 1.17. The highest BCUT2D eigenvalue weighted by Crippen LogP contribution is 2.70. The van der Waals surface area contributed by atoms with Gasteiger partial charge in [-0.15, -0.1) is 11.3 Å². The lowest BCUT2D eigenvalue weighted by Gasteiger charge is -2.59. The molecular weight excluding hydrogens is 566 g/mol. The molecule has 3 saturated carbocycles. The quantitative estimate of drug-likeness (QED) is 0.362. The van der Waals surface area contributed by atoms with E-state index in [2.05, 4.69) is 6.92 Å². The highest BCUT2D eigenvalue weighted by atomic mass is 32.1. The van der Waals surface area contributed by atoms with E-state index < -0.39 is 47.3 Å². The van der Waals surface area contributed by atoms with Crippen molar-refractivity contribution in [1.29, 1.82) is 0 Å². The third kappa shape index (κ3) is 4.12. The van der Waals surface area contributed by atoms with Gasteiger partial charge in [-0.3, -0.25) is 9.59 Å². The SMILES string of the molecule is C[C@]12C=CC(=O)C=C1CC[C@@H]1[C@@H]2[C@@H](O)C[C@@]2(C)[C@H]1C[C@H]1O[C@@H](c3ccc(Cc4ccc(N)c(CO)c4)s3)O[C@]12C(=O)CO. The Morgan fingerprint density at radius 2 is 2.00 bits per heavy atom. The Labute approximate surface area is 255 Å². The number of hydrogen-bond donors (Lipinski definition) is 4. The number of aliphatic hydroxyl groups is 3. The maximum atomic E-state index is 13.8. The first-order chi connectivity index (χ1) is 20.5. The first-order valence-electron chi connectivity index (χ1n) is 15.2. The second-order valence-electron chi connectivity index (χ2n) is 13.5. The van der Waals surface area contributed by atoms with Gasteiger partial charge in [-0.05, 0) is 73.4 Å². The number of carbonyl (C=O) groups is 2. The number of fused-ring (bicyclic) bond motifs is 7. The maximum Gasteiger partial charge on any atom is 0.194 e. The number of allylic oxidation sites excluding steroid dienone is 4. The monoisotopic (exact) mass is 605 g/mol. The average Bonchev–Trinajstić information content (AvgIpc) is 3.66. The molecule has 8 nitrogen and oxygen atoms in total. The lowest BCUT2D eigenvalue weighted by Crippen LogP contribution is -2.63. The van der Waals surface area contributed by atoms with Crippen molar-refractivity contribution >= 4 is 28.6 Å². The fourth-order valence-electron chi connectivity index (χ4n) is 9.54. The first kappa shape index (κ1) is 29.1. The van der Waals surface area contributed by atoms with Gasteiger partial charge in [0.1, 0.15) is 6.61 Å². The van der Waals surface area contributed by atoms with Crippen LogP contribution in [0.3, 0.4) is 0 Å². The minimum absolute atomic E-state index is 0.00286. The van der Waals surface area contributed by atoms with Gasteiger partial charge in [-0.25, -0.2) is 0 Å². The van der Waals surface area contributed by atoms with Crippen LogP contribution < -0.4 is 5.73 Å². The van der Waals surface area contributed by atoms with Crippen LogP contribution in [0.5, 0.6) is 0 Å². The molecule has 1 saturated heterocycles. The van der Waals surface area contributed by atoms with E-state index in [9.17, 15) is 24.9 Å². The minimum atomic E-state index is -1.37. The fraction of sp³-hybridized carbons (Fsp3) is 0.529. The number of ether oxygens (including phenoxy) is 2. The van der Waals surface area contributed by atoms with Crippen molar-refractivity contribution in [1.82, 2.24) is 0 Å². The summed E-state index contributed by atoms with van der Waals surface area (Å²) in [4.78, 5) is 27.8. The van der Waals surface area contributed by atoms with Crippen molar-refractivity contribution < 1.29 is 34.4 Å². The van der Waals surface area contributed by atoms with Crippen LogP contribution >= 0.6 is 11.3 Å². The van der Waals surface area contributed by atoms with E-state index in [0.29, 0.717) is 30.5 Å². The third-order valence-electron chi connectivity index (χ3n) is 11.5. The molecule has 9 heteroatoms. The number of nitrogen functional groups attached to an aromatic ring is 1. The summed E-state index contributed by atoms with van der Waals surface area (Å²) >= 11 is 1.55. The lowest BCUT2D eigenvalue weighted by molar-refractivity contribution is -0.200. The molecule has 2 heterocycles. The van der Waals surface area contributed by atoms with E-state index in [0.717, 1.165) is 33.7 Å². The fourth-order valence-corrected chi connectivity index (χ4v) is 10.5. The van der Waals surface area contributed by atoms with Gasteiger partial charge in [-0.1, -0.05) is 37.6 Å². The molecule has 4 aliphatic carbocycles. The second-order valence-corrected chi connectivity index (χ2v) is 14.7. The van der Waals surface area contributed by atoms with Crippen molar-refractivity contribution in [3.63, 3.8) is 0 Å². The minimum Gasteiger partial charge on any atom is -0.398 e. The van der Waals surface area contributed by atoms with Crippen LogP contribution in [0.25, 0.3) is 0 Å². The largest absolute Gasteiger partial charge is 0.398 e. The van der Waals surface area contributed by atoms with E-state index in [4.69, 9.17) is 15.2 Å². The zero-order valence-corrected chi connectivity index (χ0v) is 25.3. The Kier molecular flexibility index (Phi) is 6.89. The molecule has 228 valence electrons. The highest BCUT2D eigenvalue weighted by Gasteiger charge is 2.76. The molecule has 5 aliphatic rings. The summed E-state index contributed by atoms with van der Waals surface area (Å²) in [5.74, 6) is -0.304. The Morgan fingerprint density at radius 1 is 1.19 bits per heavy atom. The van der Waals surface area contributed by atoms with Crippen LogP contribution in [0.15, 0.2) is 54.1 Å². The predicted molar refractivity (Wildman–Crippen MR) is 161 cm³/mol.